The molecule has 0 aliphatic carbocycles. The number of carbonyl (C=O) groups is 1. The van der Waals surface area contributed by atoms with Gasteiger partial charge in [0.2, 0.25) is 0 Å². The van der Waals surface area contributed by atoms with Crippen LogP contribution < -0.4 is 14.9 Å². The van der Waals surface area contributed by atoms with E-state index < -0.39 is 23.2 Å². The highest BCUT2D eigenvalue weighted by Gasteiger charge is 2.34. The van der Waals surface area contributed by atoms with Crippen LogP contribution in [0.4, 0.5) is 13.2 Å². The predicted octanol–water partition coefficient (Wildman–Crippen LogP) is 6.10. The van der Waals surface area contributed by atoms with E-state index in [2.05, 4.69) is 10.5 Å². The fourth-order valence-electron chi connectivity index (χ4n) is 2.92. The van der Waals surface area contributed by atoms with Gasteiger partial charge in [0.15, 0.2) is 11.5 Å². The highest BCUT2D eigenvalue weighted by Crippen LogP contribution is 2.32. The second kappa shape index (κ2) is 10.9. The number of hydrogen-bond acceptors (Lipinski definition) is 4. The van der Waals surface area contributed by atoms with Crippen molar-refractivity contribution in [2.45, 2.75) is 19.7 Å². The molecule has 0 heterocycles. The summed E-state index contributed by atoms with van der Waals surface area (Å²) in [6, 6.07) is 16.8. The van der Waals surface area contributed by atoms with Crippen LogP contribution in [0.15, 0.2) is 71.8 Å². The van der Waals surface area contributed by atoms with E-state index in [1.54, 1.807) is 24.3 Å². The Balaban J connectivity index is 1.70. The van der Waals surface area contributed by atoms with Crippen LogP contribution in [0.5, 0.6) is 11.5 Å². The van der Waals surface area contributed by atoms with Crippen LogP contribution in [-0.4, -0.2) is 18.7 Å². The molecule has 0 bridgehead atoms. The van der Waals surface area contributed by atoms with Crippen molar-refractivity contribution in [2.24, 2.45) is 5.10 Å². The number of ether oxygens (including phenoxy) is 2. The molecule has 33 heavy (non-hydrogen) atoms. The smallest absolute Gasteiger partial charge is 0.417 e. The topological polar surface area (TPSA) is 59.9 Å². The molecule has 0 spiro atoms. The molecule has 172 valence electrons. The Morgan fingerprint density at radius 1 is 1.03 bits per heavy atom. The van der Waals surface area contributed by atoms with Crippen LogP contribution in [0.1, 0.15) is 34.0 Å². The number of alkyl halides is 3. The summed E-state index contributed by atoms with van der Waals surface area (Å²) < 4.78 is 50.7. The predicted molar refractivity (Wildman–Crippen MR) is 120 cm³/mol. The Morgan fingerprint density at radius 2 is 1.76 bits per heavy atom. The Bertz CT molecular complexity index is 1150. The molecule has 0 fully saturated rings. The number of nitrogens with one attached hydrogen (secondary N) is 1. The van der Waals surface area contributed by atoms with Crippen LogP contribution >= 0.6 is 11.6 Å². The lowest BCUT2D eigenvalue weighted by Gasteiger charge is -2.13. The lowest BCUT2D eigenvalue weighted by molar-refractivity contribution is -0.137. The summed E-state index contributed by atoms with van der Waals surface area (Å²) in [7, 11) is 0. The van der Waals surface area contributed by atoms with Crippen LogP contribution in [0.2, 0.25) is 5.02 Å². The molecule has 0 aliphatic heterocycles. The monoisotopic (exact) mass is 476 g/mol. The third kappa shape index (κ3) is 6.49. The van der Waals surface area contributed by atoms with Crippen molar-refractivity contribution in [3.8, 4) is 11.5 Å². The number of carbonyl (C=O) groups excluding carboxylic acids is 1. The molecule has 1 N–H and O–H groups in total. The van der Waals surface area contributed by atoms with Crippen molar-refractivity contribution in [1.82, 2.24) is 5.43 Å². The maximum absolute atomic E-state index is 13.1. The number of halogens is 4. The SMILES string of the molecule is CCOc1cc(/C=N/NC(=O)c2ccccc2C(F)(F)F)ccc1OCc1ccccc1Cl. The van der Waals surface area contributed by atoms with Crippen molar-refractivity contribution in [1.29, 1.82) is 0 Å². The number of benzene rings is 3. The fraction of sp³-hybridized carbons (Fsp3) is 0.167. The fourth-order valence-corrected chi connectivity index (χ4v) is 3.11. The van der Waals surface area contributed by atoms with E-state index in [1.807, 2.05) is 25.1 Å². The van der Waals surface area contributed by atoms with Crippen LogP contribution in [0, 0.1) is 0 Å². The van der Waals surface area contributed by atoms with E-state index in [1.165, 1.54) is 18.3 Å². The molecule has 3 aromatic rings. The van der Waals surface area contributed by atoms with Gasteiger partial charge in [-0.2, -0.15) is 18.3 Å². The van der Waals surface area contributed by atoms with Gasteiger partial charge >= 0.3 is 6.18 Å². The lowest BCUT2D eigenvalue weighted by atomic mass is 10.1. The summed E-state index contributed by atoms with van der Waals surface area (Å²) in [5.41, 5.74) is 1.94. The molecule has 0 saturated carbocycles. The van der Waals surface area contributed by atoms with Crippen molar-refractivity contribution < 1.29 is 27.4 Å². The van der Waals surface area contributed by atoms with Gasteiger partial charge < -0.3 is 9.47 Å². The first-order valence-corrected chi connectivity index (χ1v) is 10.3. The standard InChI is InChI=1S/C24H20ClF3N2O3/c1-2-32-22-13-16(11-12-21(22)33-15-17-7-3-6-10-20(17)25)14-29-30-23(31)18-8-4-5-9-19(18)24(26,27)28/h3-14H,2,15H2,1H3,(H,30,31)/b29-14+. The average molecular weight is 477 g/mol. The molecule has 0 atom stereocenters. The van der Waals surface area contributed by atoms with E-state index >= 15 is 0 Å². The molecule has 1 amide bonds. The number of hydrogen-bond donors (Lipinski definition) is 1. The Kier molecular flexibility index (Phi) is 7.95. The van der Waals surface area contributed by atoms with Crippen molar-refractivity contribution in [2.75, 3.05) is 6.61 Å². The molecule has 0 aromatic heterocycles. The number of amides is 1. The van der Waals surface area contributed by atoms with E-state index in [0.717, 1.165) is 17.7 Å². The van der Waals surface area contributed by atoms with Crippen LogP contribution in [0.25, 0.3) is 0 Å². The van der Waals surface area contributed by atoms with Crippen LogP contribution in [-0.2, 0) is 12.8 Å². The molecule has 9 heteroatoms. The maximum atomic E-state index is 13.1. The van der Waals surface area contributed by atoms with Gasteiger partial charge in [0.1, 0.15) is 6.61 Å². The molecule has 0 unspecified atom stereocenters. The molecular weight excluding hydrogens is 457 g/mol. The third-order valence-electron chi connectivity index (χ3n) is 4.47. The molecule has 3 rings (SSSR count). The quantitative estimate of drug-likeness (QED) is 0.315. The van der Waals surface area contributed by atoms with Gasteiger partial charge in [0.05, 0.1) is 23.9 Å². The zero-order valence-corrected chi connectivity index (χ0v) is 18.3. The minimum absolute atomic E-state index is 0.238. The average Bonchev–Trinajstić information content (AvgIpc) is 2.79. The highest BCUT2D eigenvalue weighted by molar-refractivity contribution is 6.31. The van der Waals surface area contributed by atoms with Gasteiger partial charge in [0, 0.05) is 10.6 Å². The molecule has 0 radical (unpaired) electrons. The summed E-state index contributed by atoms with van der Waals surface area (Å²) in [4.78, 5) is 12.2. The van der Waals surface area contributed by atoms with Gasteiger partial charge in [-0.05, 0) is 48.9 Å². The molecule has 0 aliphatic rings. The van der Waals surface area contributed by atoms with Crippen molar-refractivity contribution in [3.63, 3.8) is 0 Å². The maximum Gasteiger partial charge on any atom is 0.417 e. The molecule has 0 saturated heterocycles. The van der Waals surface area contributed by atoms with Gasteiger partial charge in [0.25, 0.3) is 5.91 Å². The van der Waals surface area contributed by atoms with E-state index in [4.69, 9.17) is 21.1 Å². The minimum atomic E-state index is -4.65. The normalized spacial score (nSPS) is 11.4. The summed E-state index contributed by atoms with van der Waals surface area (Å²) >= 11 is 6.15. The Hall–Kier alpha value is -3.52. The Morgan fingerprint density at radius 3 is 2.48 bits per heavy atom. The summed E-state index contributed by atoms with van der Waals surface area (Å²) in [5.74, 6) is -0.0387. The zero-order chi connectivity index (χ0) is 23.8. The molecular formula is C24H20ClF3N2O3. The van der Waals surface area contributed by atoms with Crippen molar-refractivity contribution in [3.05, 3.63) is 94.0 Å². The molecule has 3 aromatic carbocycles. The number of rotatable bonds is 8. The van der Waals surface area contributed by atoms with E-state index in [9.17, 15) is 18.0 Å². The van der Waals surface area contributed by atoms with Gasteiger partial charge in [-0.1, -0.05) is 41.9 Å². The van der Waals surface area contributed by atoms with Gasteiger partial charge in [-0.15, -0.1) is 0 Å². The largest absolute Gasteiger partial charge is 0.490 e. The Labute approximate surface area is 193 Å². The van der Waals surface area contributed by atoms with Gasteiger partial charge in [-0.3, -0.25) is 4.79 Å². The zero-order valence-electron chi connectivity index (χ0n) is 17.5. The lowest BCUT2D eigenvalue weighted by Crippen LogP contribution is -2.22. The second-order valence-electron chi connectivity index (χ2n) is 6.76. The first-order chi connectivity index (χ1) is 15.8. The second-order valence-corrected chi connectivity index (χ2v) is 7.17. The van der Waals surface area contributed by atoms with Crippen LogP contribution in [0.3, 0.4) is 0 Å². The summed E-state index contributed by atoms with van der Waals surface area (Å²) in [6.45, 7) is 2.44. The van der Waals surface area contributed by atoms with Gasteiger partial charge in [-0.25, -0.2) is 5.43 Å². The first-order valence-electron chi connectivity index (χ1n) is 9.92. The summed E-state index contributed by atoms with van der Waals surface area (Å²) in [6.07, 6.45) is -3.35. The first kappa shape index (κ1) is 24.1. The molecule has 5 nitrogen and oxygen atoms in total. The third-order valence-corrected chi connectivity index (χ3v) is 4.83. The number of hydrazone groups is 1. The van der Waals surface area contributed by atoms with E-state index in [-0.39, 0.29) is 6.61 Å². The minimum Gasteiger partial charge on any atom is -0.490 e. The van der Waals surface area contributed by atoms with Crippen molar-refractivity contribution >= 4 is 23.7 Å². The van der Waals surface area contributed by atoms with E-state index in [0.29, 0.717) is 28.7 Å². The number of nitrogens with zero attached hydrogens (tertiary/aromatic N) is 1. The summed E-state index contributed by atoms with van der Waals surface area (Å²) in [5, 5.41) is 4.36. The highest BCUT2D eigenvalue weighted by atomic mass is 35.5.